The van der Waals surface area contributed by atoms with E-state index in [0.29, 0.717) is 22.4 Å². The lowest BCUT2D eigenvalue weighted by Gasteiger charge is -2.31. The first-order chi connectivity index (χ1) is 14.0. The summed E-state index contributed by atoms with van der Waals surface area (Å²) in [5, 5.41) is 3.42. The Balaban J connectivity index is 1.45. The maximum absolute atomic E-state index is 12.5. The van der Waals surface area contributed by atoms with Crippen molar-refractivity contribution in [1.82, 2.24) is 4.90 Å². The first kappa shape index (κ1) is 21.0. The standard InChI is InChI=1S/C22H27ClN4O2/c1-29-20-8-7-18(14-19(20)23)26-22(24)25-15-21(28)27-11-9-17(10-12-27)13-16-5-3-2-4-6-16/h2-8,14,17H,9-13,15H2,1H3,(H3,24,25,26). The van der Waals surface area contributed by atoms with E-state index in [4.69, 9.17) is 22.1 Å². The molecule has 3 N–H and O–H groups in total. The molecule has 0 aliphatic carbocycles. The van der Waals surface area contributed by atoms with E-state index in [0.717, 1.165) is 32.4 Å². The summed E-state index contributed by atoms with van der Waals surface area (Å²) in [6.45, 7) is 1.58. The van der Waals surface area contributed by atoms with Crippen LogP contribution in [-0.2, 0) is 11.2 Å². The number of guanidine groups is 1. The SMILES string of the molecule is COc1ccc(NC(N)=NCC(=O)N2CCC(Cc3ccccc3)CC2)cc1Cl. The molecule has 6 nitrogen and oxygen atoms in total. The van der Waals surface area contributed by atoms with E-state index >= 15 is 0 Å². The first-order valence-electron chi connectivity index (χ1n) is 9.77. The van der Waals surface area contributed by atoms with Gasteiger partial charge in [-0.3, -0.25) is 4.79 Å². The van der Waals surface area contributed by atoms with Crippen LogP contribution in [0.15, 0.2) is 53.5 Å². The minimum absolute atomic E-state index is 0.000624. The van der Waals surface area contributed by atoms with Crippen LogP contribution in [0.4, 0.5) is 5.69 Å². The van der Waals surface area contributed by atoms with Crippen LogP contribution in [0.25, 0.3) is 0 Å². The van der Waals surface area contributed by atoms with Crippen LogP contribution in [0, 0.1) is 5.92 Å². The van der Waals surface area contributed by atoms with Crippen LogP contribution < -0.4 is 15.8 Å². The van der Waals surface area contributed by atoms with E-state index in [9.17, 15) is 4.79 Å². The number of nitrogens with zero attached hydrogens (tertiary/aromatic N) is 2. The summed E-state index contributed by atoms with van der Waals surface area (Å²) in [4.78, 5) is 18.5. The van der Waals surface area contributed by atoms with Gasteiger partial charge in [0.1, 0.15) is 12.3 Å². The molecular weight excluding hydrogens is 388 g/mol. The van der Waals surface area contributed by atoms with Gasteiger partial charge in [0.15, 0.2) is 5.96 Å². The Morgan fingerprint density at radius 2 is 1.97 bits per heavy atom. The van der Waals surface area contributed by atoms with E-state index in [-0.39, 0.29) is 18.4 Å². The second-order valence-electron chi connectivity index (χ2n) is 7.19. The number of amides is 1. The number of hydrogen-bond acceptors (Lipinski definition) is 3. The third-order valence-electron chi connectivity index (χ3n) is 5.14. The number of ether oxygens (including phenoxy) is 1. The van der Waals surface area contributed by atoms with Crippen LogP contribution >= 0.6 is 11.6 Å². The highest BCUT2D eigenvalue weighted by Gasteiger charge is 2.22. The molecule has 0 unspecified atom stereocenters. The fraction of sp³-hybridized carbons (Fsp3) is 0.364. The number of likely N-dealkylation sites (tertiary alicyclic amines) is 1. The van der Waals surface area contributed by atoms with Crippen molar-refractivity contribution in [2.75, 3.05) is 32.1 Å². The minimum Gasteiger partial charge on any atom is -0.495 e. The molecule has 2 aromatic rings. The number of halogens is 1. The quantitative estimate of drug-likeness (QED) is 0.559. The Bertz CT molecular complexity index is 849. The van der Waals surface area contributed by atoms with Gasteiger partial charge in [-0.2, -0.15) is 0 Å². The number of hydrogen-bond donors (Lipinski definition) is 2. The summed E-state index contributed by atoms with van der Waals surface area (Å²) >= 11 is 6.10. The number of anilines is 1. The molecule has 2 aromatic carbocycles. The second kappa shape index (κ2) is 10.2. The van der Waals surface area contributed by atoms with E-state index in [1.54, 1.807) is 25.3 Å². The Labute approximate surface area is 176 Å². The van der Waals surface area contributed by atoms with Crippen LogP contribution in [0.1, 0.15) is 18.4 Å². The first-order valence-corrected chi connectivity index (χ1v) is 10.1. The Morgan fingerprint density at radius 3 is 2.62 bits per heavy atom. The van der Waals surface area contributed by atoms with Crippen molar-refractivity contribution in [3.8, 4) is 5.75 Å². The van der Waals surface area contributed by atoms with Crippen LogP contribution in [0.2, 0.25) is 5.02 Å². The largest absolute Gasteiger partial charge is 0.495 e. The number of methoxy groups -OCH3 is 1. The van der Waals surface area contributed by atoms with Gasteiger partial charge in [-0.1, -0.05) is 41.9 Å². The lowest BCUT2D eigenvalue weighted by atomic mass is 9.90. The van der Waals surface area contributed by atoms with Crippen molar-refractivity contribution in [1.29, 1.82) is 0 Å². The van der Waals surface area contributed by atoms with E-state index < -0.39 is 0 Å². The predicted molar refractivity (Wildman–Crippen MR) is 118 cm³/mol. The number of aliphatic imine (C=N–C) groups is 1. The van der Waals surface area contributed by atoms with Crippen LogP contribution in [0.3, 0.4) is 0 Å². The fourth-order valence-electron chi connectivity index (χ4n) is 3.52. The minimum atomic E-state index is 0.000624. The lowest BCUT2D eigenvalue weighted by molar-refractivity contribution is -0.130. The zero-order chi connectivity index (χ0) is 20.6. The molecule has 1 fully saturated rings. The maximum Gasteiger partial charge on any atom is 0.244 e. The monoisotopic (exact) mass is 414 g/mol. The topological polar surface area (TPSA) is 80.0 Å². The zero-order valence-corrected chi connectivity index (χ0v) is 17.4. The molecule has 154 valence electrons. The summed E-state index contributed by atoms with van der Waals surface area (Å²) in [6, 6.07) is 15.7. The molecule has 0 bridgehead atoms. The summed E-state index contributed by atoms with van der Waals surface area (Å²) in [7, 11) is 1.56. The van der Waals surface area contributed by atoms with Crippen molar-refractivity contribution in [2.45, 2.75) is 19.3 Å². The molecule has 1 aliphatic rings. The van der Waals surface area contributed by atoms with Crippen molar-refractivity contribution >= 4 is 29.2 Å². The Kier molecular flexibility index (Phi) is 7.36. The molecular formula is C22H27ClN4O2. The number of nitrogens with one attached hydrogen (secondary N) is 1. The average molecular weight is 415 g/mol. The molecule has 0 radical (unpaired) electrons. The summed E-state index contributed by atoms with van der Waals surface area (Å²) in [5.41, 5.74) is 7.95. The summed E-state index contributed by atoms with van der Waals surface area (Å²) in [5.74, 6) is 1.38. The molecule has 0 spiro atoms. The predicted octanol–water partition coefficient (Wildman–Crippen LogP) is 3.56. The number of piperidine rings is 1. The molecule has 0 aromatic heterocycles. The summed E-state index contributed by atoms with van der Waals surface area (Å²) in [6.07, 6.45) is 3.10. The van der Waals surface area contributed by atoms with E-state index in [1.807, 2.05) is 11.0 Å². The van der Waals surface area contributed by atoms with E-state index in [1.165, 1.54) is 5.56 Å². The molecule has 1 saturated heterocycles. The van der Waals surface area contributed by atoms with Crippen molar-refractivity contribution < 1.29 is 9.53 Å². The van der Waals surface area contributed by atoms with Crippen molar-refractivity contribution in [3.05, 3.63) is 59.1 Å². The molecule has 1 amide bonds. The second-order valence-corrected chi connectivity index (χ2v) is 7.60. The molecule has 7 heteroatoms. The molecule has 29 heavy (non-hydrogen) atoms. The van der Waals surface area contributed by atoms with Crippen molar-refractivity contribution in [2.24, 2.45) is 16.6 Å². The number of benzene rings is 2. The van der Waals surface area contributed by atoms with Gasteiger partial charge in [0, 0.05) is 18.8 Å². The molecule has 0 atom stereocenters. The average Bonchev–Trinajstić information content (AvgIpc) is 2.73. The van der Waals surface area contributed by atoms with Gasteiger partial charge in [0.2, 0.25) is 5.91 Å². The van der Waals surface area contributed by atoms with Gasteiger partial charge >= 0.3 is 0 Å². The highest BCUT2D eigenvalue weighted by molar-refractivity contribution is 6.32. The van der Waals surface area contributed by atoms with Crippen molar-refractivity contribution in [3.63, 3.8) is 0 Å². The van der Waals surface area contributed by atoms with Gasteiger partial charge < -0.3 is 20.7 Å². The number of nitrogens with two attached hydrogens (primary N) is 1. The Hall–Kier alpha value is -2.73. The van der Waals surface area contributed by atoms with Gasteiger partial charge in [-0.25, -0.2) is 4.99 Å². The third-order valence-corrected chi connectivity index (χ3v) is 5.44. The molecule has 1 heterocycles. The Morgan fingerprint density at radius 1 is 1.24 bits per heavy atom. The smallest absolute Gasteiger partial charge is 0.244 e. The number of rotatable bonds is 6. The lowest BCUT2D eigenvalue weighted by Crippen LogP contribution is -2.40. The zero-order valence-electron chi connectivity index (χ0n) is 16.6. The maximum atomic E-state index is 12.5. The fourth-order valence-corrected chi connectivity index (χ4v) is 3.78. The molecule has 1 aliphatic heterocycles. The van der Waals surface area contributed by atoms with Gasteiger partial charge in [0.05, 0.1) is 12.1 Å². The third kappa shape index (κ3) is 6.12. The number of carbonyl (C=O) groups is 1. The normalized spacial score (nSPS) is 15.2. The van der Waals surface area contributed by atoms with E-state index in [2.05, 4.69) is 34.6 Å². The molecule has 0 saturated carbocycles. The summed E-state index contributed by atoms with van der Waals surface area (Å²) < 4.78 is 5.12. The molecule has 3 rings (SSSR count). The van der Waals surface area contributed by atoms with Crippen LogP contribution in [0.5, 0.6) is 5.75 Å². The highest BCUT2D eigenvalue weighted by Crippen LogP contribution is 2.27. The number of carbonyl (C=O) groups excluding carboxylic acids is 1. The highest BCUT2D eigenvalue weighted by atomic mass is 35.5. The van der Waals surface area contributed by atoms with Gasteiger partial charge in [-0.15, -0.1) is 0 Å². The van der Waals surface area contributed by atoms with Gasteiger partial charge in [-0.05, 0) is 48.9 Å². The van der Waals surface area contributed by atoms with Crippen LogP contribution in [-0.4, -0.2) is 43.5 Å². The van der Waals surface area contributed by atoms with Gasteiger partial charge in [0.25, 0.3) is 0 Å².